The Balaban J connectivity index is 1.63. The van der Waals surface area contributed by atoms with Crippen molar-refractivity contribution in [2.75, 3.05) is 26.0 Å². The third kappa shape index (κ3) is 4.35. The molecule has 1 heterocycles. The Morgan fingerprint density at radius 3 is 2.61 bits per heavy atom. The zero-order valence-corrected chi connectivity index (χ0v) is 16.7. The van der Waals surface area contributed by atoms with Gasteiger partial charge in [0.05, 0.1) is 20.7 Å². The van der Waals surface area contributed by atoms with E-state index < -0.39 is 28.5 Å². The van der Waals surface area contributed by atoms with Crippen LogP contribution in [0.3, 0.4) is 0 Å². The molecule has 8 nitrogen and oxygen atoms in total. The fourth-order valence-corrected chi connectivity index (χ4v) is 4.12. The van der Waals surface area contributed by atoms with E-state index in [-0.39, 0.29) is 10.5 Å². The van der Waals surface area contributed by atoms with Gasteiger partial charge >= 0.3 is 5.97 Å². The van der Waals surface area contributed by atoms with E-state index in [0.29, 0.717) is 5.13 Å². The van der Waals surface area contributed by atoms with Crippen molar-refractivity contribution in [3.05, 3.63) is 54.1 Å². The number of aromatic nitrogens is 1. The van der Waals surface area contributed by atoms with Gasteiger partial charge in [-0.3, -0.25) is 10.1 Å². The molecule has 10 heteroatoms. The first-order valence-electron chi connectivity index (χ1n) is 8.12. The second-order valence-electron chi connectivity index (χ2n) is 5.93. The monoisotopic (exact) mass is 419 g/mol. The van der Waals surface area contributed by atoms with Crippen molar-refractivity contribution in [2.45, 2.75) is 4.90 Å². The summed E-state index contributed by atoms with van der Waals surface area (Å²) in [5, 5.41) is 2.98. The number of sulfonamides is 1. The van der Waals surface area contributed by atoms with Crippen molar-refractivity contribution in [3.63, 3.8) is 0 Å². The molecule has 0 aliphatic carbocycles. The maximum atomic E-state index is 12.2. The number of para-hydroxylation sites is 1. The lowest BCUT2D eigenvalue weighted by molar-refractivity contribution is -0.119. The van der Waals surface area contributed by atoms with Gasteiger partial charge in [-0.2, -0.15) is 0 Å². The highest BCUT2D eigenvalue weighted by Crippen LogP contribution is 2.25. The van der Waals surface area contributed by atoms with Gasteiger partial charge < -0.3 is 4.74 Å². The average Bonchev–Trinajstić information content (AvgIpc) is 3.08. The topological polar surface area (TPSA) is 106 Å². The summed E-state index contributed by atoms with van der Waals surface area (Å²) in [4.78, 5) is 28.4. The SMILES string of the molecule is CN(C)S(=O)(=O)c1cccc(C(=O)OCC(=O)Nc2nc3ccccc3s2)c1. The summed E-state index contributed by atoms with van der Waals surface area (Å²) in [7, 11) is -0.887. The van der Waals surface area contributed by atoms with Crippen LogP contribution in [0.25, 0.3) is 10.2 Å². The molecule has 0 saturated heterocycles. The lowest BCUT2D eigenvalue weighted by Crippen LogP contribution is -2.23. The summed E-state index contributed by atoms with van der Waals surface area (Å²) in [6, 6.07) is 12.9. The van der Waals surface area contributed by atoms with Crippen LogP contribution >= 0.6 is 11.3 Å². The number of carbonyl (C=O) groups excluding carboxylic acids is 2. The number of fused-ring (bicyclic) bond motifs is 1. The number of amides is 1. The number of anilines is 1. The summed E-state index contributed by atoms with van der Waals surface area (Å²) >= 11 is 1.31. The number of carbonyl (C=O) groups is 2. The lowest BCUT2D eigenvalue weighted by Gasteiger charge is -2.12. The molecule has 0 radical (unpaired) electrons. The highest BCUT2D eigenvalue weighted by molar-refractivity contribution is 7.89. The molecule has 0 saturated carbocycles. The molecule has 0 fully saturated rings. The van der Waals surface area contributed by atoms with Crippen LogP contribution in [0, 0.1) is 0 Å². The minimum atomic E-state index is -3.68. The smallest absolute Gasteiger partial charge is 0.338 e. The molecular formula is C18H17N3O5S2. The van der Waals surface area contributed by atoms with E-state index in [1.165, 1.54) is 49.7 Å². The van der Waals surface area contributed by atoms with Crippen LogP contribution in [-0.4, -0.2) is 50.3 Å². The minimum absolute atomic E-state index is 0.0362. The van der Waals surface area contributed by atoms with Crippen molar-refractivity contribution in [1.29, 1.82) is 0 Å². The molecule has 2 aromatic carbocycles. The van der Waals surface area contributed by atoms with Crippen LogP contribution in [0.15, 0.2) is 53.4 Å². The molecule has 0 atom stereocenters. The van der Waals surface area contributed by atoms with Crippen molar-refractivity contribution < 1.29 is 22.7 Å². The third-order valence-corrected chi connectivity index (χ3v) is 6.49. The molecule has 0 aliphatic heterocycles. The summed E-state index contributed by atoms with van der Waals surface area (Å²) in [6.45, 7) is -0.514. The van der Waals surface area contributed by atoms with Gasteiger partial charge in [0.25, 0.3) is 5.91 Å². The minimum Gasteiger partial charge on any atom is -0.452 e. The van der Waals surface area contributed by atoms with E-state index in [9.17, 15) is 18.0 Å². The Kier molecular flexibility index (Phi) is 5.73. The standard InChI is InChI=1S/C18H17N3O5S2/c1-21(2)28(24,25)13-7-5-6-12(10-13)17(23)26-11-16(22)20-18-19-14-8-3-4-9-15(14)27-18/h3-10H,11H2,1-2H3,(H,19,20,22). The Morgan fingerprint density at radius 1 is 1.14 bits per heavy atom. The van der Waals surface area contributed by atoms with Crippen LogP contribution < -0.4 is 5.32 Å². The summed E-state index contributed by atoms with van der Waals surface area (Å²) in [5.41, 5.74) is 0.800. The molecule has 0 bridgehead atoms. The fraction of sp³-hybridized carbons (Fsp3) is 0.167. The number of ether oxygens (including phenoxy) is 1. The Morgan fingerprint density at radius 2 is 1.89 bits per heavy atom. The Bertz CT molecular complexity index is 1110. The normalized spacial score (nSPS) is 11.5. The van der Waals surface area contributed by atoms with Crippen molar-refractivity contribution in [2.24, 2.45) is 0 Å². The van der Waals surface area contributed by atoms with Crippen LogP contribution in [0.1, 0.15) is 10.4 Å². The summed E-state index contributed by atoms with van der Waals surface area (Å²) < 4.78 is 31.3. The first-order valence-corrected chi connectivity index (χ1v) is 10.4. The fourth-order valence-electron chi connectivity index (χ4n) is 2.29. The van der Waals surface area contributed by atoms with Gasteiger partial charge in [0.1, 0.15) is 0 Å². The maximum Gasteiger partial charge on any atom is 0.338 e. The second kappa shape index (κ2) is 8.05. The maximum absolute atomic E-state index is 12.2. The van der Waals surface area contributed by atoms with Crippen molar-refractivity contribution in [3.8, 4) is 0 Å². The van der Waals surface area contributed by atoms with Gasteiger partial charge in [0.15, 0.2) is 11.7 Å². The highest BCUT2D eigenvalue weighted by Gasteiger charge is 2.19. The predicted octanol–water partition coefficient (Wildman–Crippen LogP) is 2.34. The number of benzene rings is 2. The molecular weight excluding hydrogens is 402 g/mol. The molecule has 1 aromatic heterocycles. The van der Waals surface area contributed by atoms with Crippen LogP contribution in [-0.2, 0) is 19.6 Å². The molecule has 0 aliphatic rings. The van der Waals surface area contributed by atoms with Crippen LogP contribution in [0.2, 0.25) is 0 Å². The first kappa shape index (κ1) is 19.9. The first-order chi connectivity index (χ1) is 13.3. The number of nitrogens with one attached hydrogen (secondary N) is 1. The van der Waals surface area contributed by atoms with E-state index in [4.69, 9.17) is 4.74 Å². The number of nitrogens with zero attached hydrogens (tertiary/aromatic N) is 2. The second-order valence-corrected chi connectivity index (χ2v) is 9.11. The molecule has 146 valence electrons. The van der Waals surface area contributed by atoms with Gasteiger partial charge in [0.2, 0.25) is 10.0 Å². The average molecular weight is 419 g/mol. The van der Waals surface area contributed by atoms with Crippen LogP contribution in [0.4, 0.5) is 5.13 Å². The van der Waals surface area contributed by atoms with E-state index in [0.717, 1.165) is 14.5 Å². The number of hydrogen-bond donors (Lipinski definition) is 1. The molecule has 0 spiro atoms. The van der Waals surface area contributed by atoms with E-state index in [2.05, 4.69) is 10.3 Å². The van der Waals surface area contributed by atoms with Crippen LogP contribution in [0.5, 0.6) is 0 Å². The summed E-state index contributed by atoms with van der Waals surface area (Å²) in [6.07, 6.45) is 0. The van der Waals surface area contributed by atoms with Gasteiger partial charge in [-0.15, -0.1) is 0 Å². The zero-order chi connectivity index (χ0) is 20.3. The molecule has 3 rings (SSSR count). The number of hydrogen-bond acceptors (Lipinski definition) is 7. The summed E-state index contributed by atoms with van der Waals surface area (Å²) in [5.74, 6) is -1.33. The van der Waals surface area contributed by atoms with E-state index in [1.807, 2.05) is 24.3 Å². The largest absolute Gasteiger partial charge is 0.452 e. The molecule has 1 N–H and O–H groups in total. The quantitative estimate of drug-likeness (QED) is 0.615. The van der Waals surface area contributed by atoms with Gasteiger partial charge in [-0.1, -0.05) is 29.5 Å². The van der Waals surface area contributed by atoms with E-state index >= 15 is 0 Å². The third-order valence-electron chi connectivity index (χ3n) is 3.72. The Labute approximate surface area is 165 Å². The van der Waals surface area contributed by atoms with Gasteiger partial charge in [-0.05, 0) is 30.3 Å². The predicted molar refractivity (Wildman–Crippen MR) is 106 cm³/mol. The number of thiazole rings is 1. The van der Waals surface area contributed by atoms with E-state index in [1.54, 1.807) is 0 Å². The number of esters is 1. The Hall–Kier alpha value is -2.82. The van der Waals surface area contributed by atoms with Crippen molar-refractivity contribution in [1.82, 2.24) is 9.29 Å². The molecule has 28 heavy (non-hydrogen) atoms. The zero-order valence-electron chi connectivity index (χ0n) is 15.1. The highest BCUT2D eigenvalue weighted by atomic mass is 32.2. The molecule has 1 amide bonds. The van der Waals surface area contributed by atoms with Gasteiger partial charge in [0, 0.05) is 14.1 Å². The number of rotatable bonds is 6. The molecule has 0 unspecified atom stereocenters. The lowest BCUT2D eigenvalue weighted by atomic mass is 10.2. The molecule has 3 aromatic rings. The van der Waals surface area contributed by atoms with Gasteiger partial charge in [-0.25, -0.2) is 22.5 Å². The van der Waals surface area contributed by atoms with Crippen molar-refractivity contribution >= 4 is 48.6 Å².